The summed E-state index contributed by atoms with van der Waals surface area (Å²) in [4.78, 5) is 13.9. The number of benzene rings is 2. The van der Waals surface area contributed by atoms with Gasteiger partial charge in [0.15, 0.2) is 0 Å². The lowest BCUT2D eigenvalue weighted by Crippen LogP contribution is -2.37. The largest absolute Gasteiger partial charge is 0.341 e. The van der Waals surface area contributed by atoms with Gasteiger partial charge in [0, 0.05) is 27.7 Å². The molecular formula is C18H20BrNO2S. The fourth-order valence-corrected chi connectivity index (χ4v) is 4.08. The molecule has 2 atom stereocenters. The van der Waals surface area contributed by atoms with Gasteiger partial charge in [-0.05, 0) is 37.1 Å². The molecule has 0 heterocycles. The average molecular weight is 394 g/mol. The van der Waals surface area contributed by atoms with E-state index >= 15 is 0 Å². The van der Waals surface area contributed by atoms with E-state index in [4.69, 9.17) is 0 Å². The van der Waals surface area contributed by atoms with Crippen molar-refractivity contribution in [3.63, 3.8) is 0 Å². The van der Waals surface area contributed by atoms with Crippen LogP contribution in [0.4, 0.5) is 0 Å². The van der Waals surface area contributed by atoms with Crippen molar-refractivity contribution in [1.29, 1.82) is 0 Å². The number of carbonyl (C=O) groups excluding carboxylic acids is 1. The van der Waals surface area contributed by atoms with Crippen LogP contribution in [0.1, 0.15) is 12.5 Å². The van der Waals surface area contributed by atoms with Crippen LogP contribution in [-0.4, -0.2) is 33.9 Å². The van der Waals surface area contributed by atoms with Gasteiger partial charge < -0.3 is 4.90 Å². The predicted octanol–water partition coefficient (Wildman–Crippen LogP) is 3.65. The van der Waals surface area contributed by atoms with E-state index in [1.54, 1.807) is 4.90 Å². The highest BCUT2D eigenvalue weighted by Gasteiger charge is 2.16. The highest BCUT2D eigenvalue weighted by molar-refractivity contribution is 9.10. The lowest BCUT2D eigenvalue weighted by atomic mass is 10.1. The molecule has 0 spiro atoms. The molecule has 0 saturated carbocycles. The number of nitrogens with zero attached hydrogens (tertiary/aromatic N) is 1. The molecule has 23 heavy (non-hydrogen) atoms. The van der Waals surface area contributed by atoms with Crippen molar-refractivity contribution in [1.82, 2.24) is 4.90 Å². The summed E-state index contributed by atoms with van der Waals surface area (Å²) in [5, 5.41) is 0. The third kappa shape index (κ3) is 5.29. The van der Waals surface area contributed by atoms with Gasteiger partial charge in [-0.2, -0.15) is 0 Å². The molecule has 122 valence electrons. The summed E-state index contributed by atoms with van der Waals surface area (Å²) in [5.74, 6) is 0.443. The van der Waals surface area contributed by atoms with Crippen LogP contribution in [0, 0.1) is 0 Å². The fraction of sp³-hybridized carbons (Fsp3) is 0.278. The first-order valence-corrected chi connectivity index (χ1v) is 9.61. The zero-order valence-electron chi connectivity index (χ0n) is 13.0. The summed E-state index contributed by atoms with van der Waals surface area (Å²) in [5.41, 5.74) is 1.16. The molecule has 2 aromatic rings. The second kappa shape index (κ2) is 8.99. The first kappa shape index (κ1) is 17.9. The summed E-state index contributed by atoms with van der Waals surface area (Å²) in [6, 6.07) is 17.3. The molecule has 0 aliphatic rings. The highest BCUT2D eigenvalue weighted by atomic mass is 79.9. The van der Waals surface area contributed by atoms with Crippen LogP contribution in [0.5, 0.6) is 0 Å². The van der Waals surface area contributed by atoms with Crippen LogP contribution < -0.4 is 0 Å². The Kier molecular flexibility index (Phi) is 6.99. The van der Waals surface area contributed by atoms with E-state index in [1.165, 1.54) is 0 Å². The van der Waals surface area contributed by atoms with E-state index in [2.05, 4.69) is 15.9 Å². The van der Waals surface area contributed by atoms with Crippen LogP contribution in [0.2, 0.25) is 0 Å². The van der Waals surface area contributed by atoms with E-state index in [0.29, 0.717) is 12.3 Å². The van der Waals surface area contributed by atoms with Crippen LogP contribution in [-0.2, 0) is 22.0 Å². The molecule has 0 fully saturated rings. The van der Waals surface area contributed by atoms with Crippen molar-refractivity contribution >= 4 is 33.1 Å². The van der Waals surface area contributed by atoms with Gasteiger partial charge in [-0.3, -0.25) is 9.00 Å². The third-order valence-electron chi connectivity index (χ3n) is 3.70. The maximum Gasteiger partial charge on any atom is 0.209 e. The van der Waals surface area contributed by atoms with E-state index in [1.807, 2.05) is 61.5 Å². The molecule has 0 aliphatic heterocycles. The molecule has 0 bridgehead atoms. The summed E-state index contributed by atoms with van der Waals surface area (Å²) in [6.45, 7) is 2.55. The van der Waals surface area contributed by atoms with E-state index in [0.717, 1.165) is 27.8 Å². The van der Waals surface area contributed by atoms with Gasteiger partial charge >= 0.3 is 0 Å². The molecule has 2 rings (SSSR count). The number of halogens is 1. The van der Waals surface area contributed by atoms with Crippen molar-refractivity contribution < 1.29 is 9.00 Å². The molecule has 5 heteroatoms. The quantitative estimate of drug-likeness (QED) is 0.641. The first-order valence-electron chi connectivity index (χ1n) is 7.49. The lowest BCUT2D eigenvalue weighted by Gasteiger charge is -2.25. The average Bonchev–Trinajstić information content (AvgIpc) is 2.57. The molecule has 0 aliphatic carbocycles. The Morgan fingerprint density at radius 3 is 2.43 bits per heavy atom. The molecule has 0 aromatic heterocycles. The minimum absolute atomic E-state index is 0.0731. The zero-order valence-corrected chi connectivity index (χ0v) is 15.4. The van der Waals surface area contributed by atoms with Crippen LogP contribution in [0.15, 0.2) is 64.0 Å². The van der Waals surface area contributed by atoms with Gasteiger partial charge in [0.05, 0.1) is 10.8 Å². The van der Waals surface area contributed by atoms with Crippen LogP contribution in [0.3, 0.4) is 0 Å². The Morgan fingerprint density at radius 2 is 1.78 bits per heavy atom. The van der Waals surface area contributed by atoms with Gasteiger partial charge in [-0.25, -0.2) is 0 Å². The number of rotatable bonds is 8. The Balaban J connectivity index is 1.93. The van der Waals surface area contributed by atoms with Crippen molar-refractivity contribution in [2.75, 3.05) is 12.3 Å². The van der Waals surface area contributed by atoms with E-state index in [-0.39, 0.29) is 6.04 Å². The summed E-state index contributed by atoms with van der Waals surface area (Å²) >= 11 is 3.52. The second-order valence-corrected chi connectivity index (χ2v) is 7.71. The molecular weight excluding hydrogens is 374 g/mol. The van der Waals surface area contributed by atoms with E-state index in [9.17, 15) is 9.00 Å². The first-order chi connectivity index (χ1) is 11.1. The molecule has 0 N–H and O–H groups in total. The summed E-state index contributed by atoms with van der Waals surface area (Å²) in [6.07, 6.45) is 1.62. The Morgan fingerprint density at radius 1 is 1.13 bits per heavy atom. The maximum absolute atomic E-state index is 12.4. The third-order valence-corrected chi connectivity index (χ3v) is 6.05. The number of carbonyl (C=O) groups is 1. The molecule has 1 amide bonds. The topological polar surface area (TPSA) is 37.4 Å². The molecule has 0 radical (unpaired) electrons. The minimum atomic E-state index is -1.10. The minimum Gasteiger partial charge on any atom is -0.341 e. The number of hydrogen-bond acceptors (Lipinski definition) is 2. The van der Waals surface area contributed by atoms with Crippen molar-refractivity contribution in [3.05, 3.63) is 64.6 Å². The summed E-state index contributed by atoms with van der Waals surface area (Å²) < 4.78 is 13.4. The SMILES string of the molecule is CC(CS(=O)c1ccccc1)N(C=O)CCc1ccccc1Br. The van der Waals surface area contributed by atoms with Gasteiger partial charge in [-0.15, -0.1) is 0 Å². The number of amides is 1. The molecule has 0 saturated heterocycles. The van der Waals surface area contributed by atoms with Gasteiger partial charge in [0.25, 0.3) is 0 Å². The van der Waals surface area contributed by atoms with E-state index < -0.39 is 10.8 Å². The zero-order chi connectivity index (χ0) is 16.7. The maximum atomic E-state index is 12.4. The van der Waals surface area contributed by atoms with Crippen LogP contribution >= 0.6 is 15.9 Å². The monoisotopic (exact) mass is 393 g/mol. The van der Waals surface area contributed by atoms with Crippen LogP contribution in [0.25, 0.3) is 0 Å². The van der Waals surface area contributed by atoms with Crippen molar-refractivity contribution in [3.8, 4) is 0 Å². The predicted molar refractivity (Wildman–Crippen MR) is 97.8 cm³/mol. The smallest absolute Gasteiger partial charge is 0.209 e. The fourth-order valence-electron chi connectivity index (χ4n) is 2.31. The normalized spacial score (nSPS) is 13.3. The Hall–Kier alpha value is -1.46. The summed E-state index contributed by atoms with van der Waals surface area (Å²) in [7, 11) is -1.10. The van der Waals surface area contributed by atoms with Gasteiger partial charge in [0.1, 0.15) is 0 Å². The molecule has 2 unspecified atom stereocenters. The second-order valence-electron chi connectivity index (χ2n) is 5.36. The lowest BCUT2D eigenvalue weighted by molar-refractivity contribution is -0.119. The van der Waals surface area contributed by atoms with Gasteiger partial charge in [0.2, 0.25) is 6.41 Å². The standard InChI is InChI=1S/C18H20BrNO2S/c1-15(13-23(22)17-8-3-2-4-9-17)20(14-21)12-11-16-7-5-6-10-18(16)19/h2-10,14-15H,11-13H2,1H3. The Bertz CT molecular complexity index is 663. The molecule has 3 nitrogen and oxygen atoms in total. The Labute approximate surface area is 148 Å². The number of hydrogen-bond donors (Lipinski definition) is 0. The van der Waals surface area contributed by atoms with Crippen molar-refractivity contribution in [2.45, 2.75) is 24.3 Å². The highest BCUT2D eigenvalue weighted by Crippen LogP contribution is 2.17. The van der Waals surface area contributed by atoms with Gasteiger partial charge in [-0.1, -0.05) is 52.3 Å². The van der Waals surface area contributed by atoms with Crippen molar-refractivity contribution in [2.24, 2.45) is 0 Å². The molecule has 2 aromatic carbocycles.